The number of hydrogen-bond acceptors (Lipinski definition) is 7. The number of anilines is 2. The number of hydrogen-bond donors (Lipinski definition) is 2. The number of rotatable bonds is 5. The minimum atomic E-state index is 0.0531. The average Bonchev–Trinajstić information content (AvgIpc) is 2.77. The van der Waals surface area contributed by atoms with Gasteiger partial charge in [-0.1, -0.05) is 6.07 Å². The fourth-order valence-corrected chi connectivity index (χ4v) is 2.25. The first-order valence-electron chi connectivity index (χ1n) is 6.11. The molecule has 0 aliphatic carbocycles. The highest BCUT2D eigenvalue weighted by Crippen LogP contribution is 2.27. The Hall–Kier alpha value is -2.33. The summed E-state index contributed by atoms with van der Waals surface area (Å²) < 4.78 is 9.60. The lowest BCUT2D eigenvalue weighted by atomic mass is 10.2. The fraction of sp³-hybridized carbons (Fsp3) is 0.308. The van der Waals surface area contributed by atoms with Crippen LogP contribution >= 0.6 is 11.5 Å². The van der Waals surface area contributed by atoms with Crippen LogP contribution < -0.4 is 15.8 Å². The molecule has 0 radical (unpaired) electrons. The van der Waals surface area contributed by atoms with Crippen molar-refractivity contribution in [3.8, 4) is 11.9 Å². The first kappa shape index (κ1) is 14.1. The summed E-state index contributed by atoms with van der Waals surface area (Å²) in [5.41, 5.74) is 6.91. The number of nitriles is 1. The third-order valence-electron chi connectivity index (χ3n) is 2.47. The van der Waals surface area contributed by atoms with E-state index in [0.29, 0.717) is 23.0 Å². The van der Waals surface area contributed by atoms with Gasteiger partial charge in [0.1, 0.15) is 16.6 Å². The first-order valence-corrected chi connectivity index (χ1v) is 6.88. The van der Waals surface area contributed by atoms with Crippen molar-refractivity contribution < 1.29 is 4.74 Å². The molecule has 0 atom stereocenters. The van der Waals surface area contributed by atoms with E-state index in [1.165, 1.54) is 11.5 Å². The summed E-state index contributed by atoms with van der Waals surface area (Å²) in [4.78, 5) is 4.21. The van der Waals surface area contributed by atoms with Gasteiger partial charge >= 0.3 is 0 Å². The van der Waals surface area contributed by atoms with Crippen molar-refractivity contribution in [2.45, 2.75) is 26.5 Å². The van der Waals surface area contributed by atoms with Gasteiger partial charge in [0.2, 0.25) is 5.88 Å². The lowest BCUT2D eigenvalue weighted by Crippen LogP contribution is -2.10. The second kappa shape index (κ2) is 6.21. The van der Waals surface area contributed by atoms with Crippen molar-refractivity contribution in [2.24, 2.45) is 0 Å². The third kappa shape index (κ3) is 3.16. The van der Waals surface area contributed by atoms with Crippen LogP contribution in [0.4, 0.5) is 10.8 Å². The number of nitrogens with one attached hydrogen (secondary N) is 1. The van der Waals surface area contributed by atoms with Crippen LogP contribution in [0.1, 0.15) is 25.0 Å². The van der Waals surface area contributed by atoms with E-state index in [1.54, 1.807) is 6.20 Å². The zero-order chi connectivity index (χ0) is 14.5. The molecule has 0 aliphatic rings. The Morgan fingerprint density at radius 3 is 3.05 bits per heavy atom. The predicted octanol–water partition coefficient (Wildman–Crippen LogP) is 2.39. The molecule has 0 saturated heterocycles. The monoisotopic (exact) mass is 289 g/mol. The molecule has 3 N–H and O–H groups in total. The van der Waals surface area contributed by atoms with E-state index in [4.69, 9.17) is 15.7 Å². The van der Waals surface area contributed by atoms with E-state index >= 15 is 0 Å². The summed E-state index contributed by atoms with van der Waals surface area (Å²) in [6.45, 7) is 4.39. The van der Waals surface area contributed by atoms with Crippen molar-refractivity contribution in [3.05, 3.63) is 29.5 Å². The standard InChI is InChI=1S/C13H15N5OS/c1-8(2)19-12-9(4-3-5-16-12)7-17-13-10(6-14)11(15)18-20-13/h3-5,8,17H,7H2,1-2H3,(H2,15,18). The molecule has 2 heterocycles. The van der Waals surface area contributed by atoms with Crippen molar-refractivity contribution in [2.75, 3.05) is 11.1 Å². The first-order chi connectivity index (χ1) is 9.61. The van der Waals surface area contributed by atoms with Crippen molar-refractivity contribution in [3.63, 3.8) is 0 Å². The van der Waals surface area contributed by atoms with Crippen molar-refractivity contribution in [1.29, 1.82) is 5.26 Å². The van der Waals surface area contributed by atoms with Crippen molar-refractivity contribution >= 4 is 22.4 Å². The van der Waals surface area contributed by atoms with Gasteiger partial charge in [0.05, 0.1) is 6.10 Å². The summed E-state index contributed by atoms with van der Waals surface area (Å²) in [6, 6.07) is 5.81. The highest BCUT2D eigenvalue weighted by molar-refractivity contribution is 7.10. The number of nitrogen functional groups attached to an aromatic ring is 1. The predicted molar refractivity (Wildman–Crippen MR) is 78.6 cm³/mol. The average molecular weight is 289 g/mol. The molecule has 0 saturated carbocycles. The van der Waals surface area contributed by atoms with E-state index < -0.39 is 0 Å². The number of nitrogens with two attached hydrogens (primary N) is 1. The van der Waals surface area contributed by atoms with Gasteiger partial charge < -0.3 is 15.8 Å². The van der Waals surface area contributed by atoms with Gasteiger partial charge in [0.15, 0.2) is 5.82 Å². The van der Waals surface area contributed by atoms with Gasteiger partial charge in [-0.2, -0.15) is 9.64 Å². The Bertz CT molecular complexity index is 632. The van der Waals surface area contributed by atoms with E-state index in [0.717, 1.165) is 5.56 Å². The smallest absolute Gasteiger partial charge is 0.218 e. The summed E-state index contributed by atoms with van der Waals surface area (Å²) in [6.07, 6.45) is 1.74. The van der Waals surface area contributed by atoms with Crippen LogP contribution in [0.5, 0.6) is 5.88 Å². The normalized spacial score (nSPS) is 10.3. The topological polar surface area (TPSA) is 96.8 Å². The zero-order valence-corrected chi connectivity index (χ0v) is 12.1. The van der Waals surface area contributed by atoms with Crippen LogP contribution in [-0.2, 0) is 6.54 Å². The van der Waals surface area contributed by atoms with E-state index in [-0.39, 0.29) is 11.9 Å². The Kier molecular flexibility index (Phi) is 4.38. The minimum absolute atomic E-state index is 0.0531. The molecule has 20 heavy (non-hydrogen) atoms. The maximum absolute atomic E-state index is 9.02. The third-order valence-corrected chi connectivity index (χ3v) is 3.29. The molecule has 2 rings (SSSR count). The second-order valence-corrected chi connectivity index (χ2v) is 5.14. The molecular formula is C13H15N5OS. The molecule has 0 spiro atoms. The molecule has 104 valence electrons. The van der Waals surface area contributed by atoms with Gasteiger partial charge in [-0.15, -0.1) is 0 Å². The maximum atomic E-state index is 9.02. The number of ether oxygens (including phenoxy) is 1. The van der Waals surface area contributed by atoms with Crippen LogP contribution in [0.2, 0.25) is 0 Å². The fourth-order valence-electron chi connectivity index (χ4n) is 1.59. The molecule has 0 aromatic carbocycles. The molecule has 7 heteroatoms. The maximum Gasteiger partial charge on any atom is 0.218 e. The number of nitrogens with zero attached hydrogens (tertiary/aromatic N) is 3. The Morgan fingerprint density at radius 2 is 2.35 bits per heavy atom. The van der Waals surface area contributed by atoms with Crippen LogP contribution in [0.3, 0.4) is 0 Å². The van der Waals surface area contributed by atoms with Crippen molar-refractivity contribution in [1.82, 2.24) is 9.36 Å². The Morgan fingerprint density at radius 1 is 1.55 bits per heavy atom. The zero-order valence-electron chi connectivity index (χ0n) is 11.3. The van der Waals surface area contributed by atoms with Crippen LogP contribution in [0, 0.1) is 11.3 Å². The summed E-state index contributed by atoms with van der Waals surface area (Å²) in [5, 5.41) is 12.8. The van der Waals surface area contributed by atoms with E-state index in [9.17, 15) is 0 Å². The number of pyridine rings is 1. The van der Waals surface area contributed by atoms with E-state index in [2.05, 4.69) is 14.7 Å². The molecule has 0 fully saturated rings. The van der Waals surface area contributed by atoms with Gasteiger partial charge in [0.25, 0.3) is 0 Å². The summed E-state index contributed by atoms with van der Waals surface area (Å²) in [7, 11) is 0. The van der Waals surface area contributed by atoms with Gasteiger partial charge in [-0.25, -0.2) is 4.98 Å². The Labute approximate surface area is 121 Å². The largest absolute Gasteiger partial charge is 0.475 e. The molecule has 2 aromatic rings. The van der Waals surface area contributed by atoms with Crippen LogP contribution in [0.25, 0.3) is 0 Å². The molecule has 0 bridgehead atoms. The highest BCUT2D eigenvalue weighted by Gasteiger charge is 2.12. The quantitative estimate of drug-likeness (QED) is 0.877. The molecular weight excluding hydrogens is 274 g/mol. The SMILES string of the molecule is CC(C)Oc1ncccc1CNc1snc(N)c1C#N. The molecule has 0 aliphatic heterocycles. The minimum Gasteiger partial charge on any atom is -0.475 e. The second-order valence-electron chi connectivity index (χ2n) is 4.37. The van der Waals surface area contributed by atoms with Gasteiger partial charge in [-0.3, -0.25) is 0 Å². The lowest BCUT2D eigenvalue weighted by molar-refractivity contribution is 0.230. The van der Waals surface area contributed by atoms with Crippen LogP contribution in [0.15, 0.2) is 18.3 Å². The summed E-state index contributed by atoms with van der Waals surface area (Å²) in [5.74, 6) is 0.843. The van der Waals surface area contributed by atoms with E-state index in [1.807, 2.05) is 32.0 Å². The molecule has 0 amide bonds. The highest BCUT2D eigenvalue weighted by atomic mass is 32.1. The van der Waals surface area contributed by atoms with Gasteiger partial charge in [-0.05, 0) is 31.4 Å². The number of aromatic nitrogens is 2. The lowest BCUT2D eigenvalue weighted by Gasteiger charge is -2.13. The Balaban J connectivity index is 2.13. The summed E-state index contributed by atoms with van der Waals surface area (Å²) >= 11 is 1.17. The van der Waals surface area contributed by atoms with Gasteiger partial charge in [0, 0.05) is 18.3 Å². The molecule has 6 nitrogen and oxygen atoms in total. The van der Waals surface area contributed by atoms with Crippen LogP contribution in [-0.4, -0.2) is 15.5 Å². The molecule has 2 aromatic heterocycles. The molecule has 0 unspecified atom stereocenters.